The minimum Gasteiger partial charge on any atom is -0.342 e. The smallest absolute Gasteiger partial charge is 0.342 e. The van der Waals surface area contributed by atoms with Gasteiger partial charge in [-0.1, -0.05) is 30.3 Å². The highest BCUT2D eigenvalue weighted by Gasteiger charge is 2.32. The molecule has 0 fully saturated rings. The minimum absolute atomic E-state index is 0.106. The molecule has 0 aliphatic heterocycles. The fraction of sp³-hybridized carbons (Fsp3) is 0.368. The molecule has 2 atom stereocenters. The highest BCUT2D eigenvalue weighted by Crippen LogP contribution is 2.29. The van der Waals surface area contributed by atoms with Crippen LogP contribution in [0.4, 0.5) is 13.2 Å². The first-order valence-corrected chi connectivity index (χ1v) is 9.89. The zero-order chi connectivity index (χ0) is 20.0. The first-order chi connectivity index (χ1) is 12.8. The number of amides is 1. The lowest BCUT2D eigenvalue weighted by Crippen LogP contribution is -2.36. The maximum Gasteiger partial charge on any atom is 0.417 e. The number of pyridine rings is 1. The minimum atomic E-state index is -4.48. The second kappa shape index (κ2) is 9.12. The summed E-state index contributed by atoms with van der Waals surface area (Å²) in [5.41, 5.74) is -0.00915. The molecule has 0 spiro atoms. The van der Waals surface area contributed by atoms with Crippen LogP contribution in [0.25, 0.3) is 0 Å². The van der Waals surface area contributed by atoms with E-state index in [1.54, 1.807) is 35.2 Å². The number of rotatable bonds is 7. The van der Waals surface area contributed by atoms with Crippen LogP contribution < -0.4 is 0 Å². The van der Waals surface area contributed by atoms with E-state index in [0.29, 0.717) is 18.7 Å². The number of likely N-dealkylation sites (N-methyl/N-ethyl adjacent to an activating group) is 1. The van der Waals surface area contributed by atoms with Gasteiger partial charge in [0.1, 0.15) is 5.25 Å². The molecule has 1 aromatic carbocycles. The number of carbonyl (C=O) groups is 1. The van der Waals surface area contributed by atoms with Crippen molar-refractivity contribution in [3.8, 4) is 0 Å². The van der Waals surface area contributed by atoms with Crippen LogP contribution in [-0.4, -0.2) is 33.1 Å². The Morgan fingerprint density at radius 1 is 1.11 bits per heavy atom. The van der Waals surface area contributed by atoms with Crippen LogP contribution in [0.2, 0.25) is 0 Å². The molecule has 2 aromatic rings. The second-order valence-electron chi connectivity index (χ2n) is 5.86. The van der Waals surface area contributed by atoms with E-state index in [9.17, 15) is 22.2 Å². The van der Waals surface area contributed by atoms with Crippen molar-refractivity contribution in [2.24, 2.45) is 0 Å². The highest BCUT2D eigenvalue weighted by atomic mass is 32.2. The summed E-state index contributed by atoms with van der Waals surface area (Å²) in [4.78, 5) is 18.2. The van der Waals surface area contributed by atoms with E-state index in [1.165, 1.54) is 6.07 Å². The molecule has 0 N–H and O–H groups in total. The predicted octanol–water partition coefficient (Wildman–Crippen LogP) is 3.96. The Labute approximate surface area is 158 Å². The van der Waals surface area contributed by atoms with E-state index in [4.69, 9.17) is 0 Å². The highest BCUT2D eigenvalue weighted by molar-refractivity contribution is 7.85. The van der Waals surface area contributed by atoms with Crippen molar-refractivity contribution >= 4 is 16.7 Å². The molecule has 1 heterocycles. The SMILES string of the molecule is CCN(CC)C(=O)C(c1ccccc1)S(=O)Cc1ccc(C(F)(F)F)cn1. The van der Waals surface area contributed by atoms with Crippen LogP contribution in [0.3, 0.4) is 0 Å². The van der Waals surface area contributed by atoms with Gasteiger partial charge in [0.05, 0.1) is 17.0 Å². The summed E-state index contributed by atoms with van der Waals surface area (Å²) >= 11 is 0. The lowest BCUT2D eigenvalue weighted by atomic mass is 10.1. The molecule has 0 radical (unpaired) electrons. The number of hydrogen-bond acceptors (Lipinski definition) is 3. The summed E-state index contributed by atoms with van der Waals surface area (Å²) in [6.07, 6.45) is -3.76. The van der Waals surface area contributed by atoms with Gasteiger partial charge in [-0.25, -0.2) is 0 Å². The number of carbonyl (C=O) groups excluding carboxylic acids is 1. The van der Waals surface area contributed by atoms with Crippen molar-refractivity contribution in [1.29, 1.82) is 0 Å². The van der Waals surface area contributed by atoms with Crippen LogP contribution in [0, 0.1) is 0 Å². The van der Waals surface area contributed by atoms with Crippen LogP contribution in [0.5, 0.6) is 0 Å². The third kappa shape index (κ3) is 5.38. The zero-order valence-corrected chi connectivity index (χ0v) is 15.9. The normalized spacial score (nSPS) is 13.8. The Morgan fingerprint density at radius 3 is 2.22 bits per heavy atom. The Hall–Kier alpha value is -2.22. The Bertz CT molecular complexity index is 776. The van der Waals surface area contributed by atoms with Gasteiger partial charge >= 0.3 is 6.18 Å². The number of alkyl halides is 3. The molecule has 1 amide bonds. The summed E-state index contributed by atoms with van der Waals surface area (Å²) in [5, 5.41) is -0.893. The number of hydrogen-bond donors (Lipinski definition) is 0. The number of nitrogens with zero attached hydrogens (tertiary/aromatic N) is 2. The predicted molar refractivity (Wildman–Crippen MR) is 98.2 cm³/mol. The molecule has 1 aromatic heterocycles. The fourth-order valence-electron chi connectivity index (χ4n) is 2.64. The summed E-state index contributed by atoms with van der Waals surface area (Å²) in [6, 6.07) is 10.9. The van der Waals surface area contributed by atoms with Crippen LogP contribution in [0.15, 0.2) is 48.7 Å². The average Bonchev–Trinajstić information content (AvgIpc) is 2.63. The molecule has 0 bridgehead atoms. The molecular weight excluding hydrogens is 377 g/mol. The molecule has 2 rings (SSSR count). The number of benzene rings is 1. The lowest BCUT2D eigenvalue weighted by molar-refractivity contribution is -0.137. The summed E-state index contributed by atoms with van der Waals surface area (Å²) in [5.74, 6) is -0.374. The molecule has 0 saturated carbocycles. The molecular formula is C19H21F3N2O2S. The van der Waals surface area contributed by atoms with Crippen LogP contribution in [0.1, 0.15) is 35.9 Å². The van der Waals surface area contributed by atoms with Crippen molar-refractivity contribution in [2.45, 2.75) is 31.0 Å². The number of aromatic nitrogens is 1. The molecule has 0 aliphatic carbocycles. The van der Waals surface area contributed by atoms with Gasteiger partial charge < -0.3 is 4.90 Å². The zero-order valence-electron chi connectivity index (χ0n) is 15.1. The van der Waals surface area contributed by atoms with Crippen LogP contribution >= 0.6 is 0 Å². The standard InChI is InChI=1S/C19H21F3N2O2S/c1-3-24(4-2)18(25)17(14-8-6-5-7-9-14)27(26)13-16-11-10-15(12-23-16)19(20,21)22/h5-12,17H,3-4,13H2,1-2H3. The van der Waals surface area contributed by atoms with Crippen molar-refractivity contribution < 1.29 is 22.2 Å². The monoisotopic (exact) mass is 398 g/mol. The van der Waals surface area contributed by atoms with Gasteiger partial charge in [0.15, 0.2) is 0 Å². The van der Waals surface area contributed by atoms with Crippen molar-refractivity contribution in [1.82, 2.24) is 9.88 Å². The molecule has 0 aliphatic rings. The Kier molecular flexibility index (Phi) is 7.12. The van der Waals surface area contributed by atoms with E-state index in [2.05, 4.69) is 4.98 Å². The van der Waals surface area contributed by atoms with Crippen molar-refractivity contribution in [3.05, 3.63) is 65.5 Å². The molecule has 4 nitrogen and oxygen atoms in total. The second-order valence-corrected chi connectivity index (χ2v) is 7.38. The van der Waals surface area contributed by atoms with E-state index in [0.717, 1.165) is 12.3 Å². The topological polar surface area (TPSA) is 50.3 Å². The van der Waals surface area contributed by atoms with E-state index >= 15 is 0 Å². The van der Waals surface area contributed by atoms with Gasteiger partial charge in [0.25, 0.3) is 0 Å². The van der Waals surface area contributed by atoms with Gasteiger partial charge in [0.2, 0.25) is 5.91 Å². The summed E-state index contributed by atoms with van der Waals surface area (Å²) in [6.45, 7) is 4.64. The van der Waals surface area contributed by atoms with E-state index in [1.807, 2.05) is 13.8 Å². The third-order valence-electron chi connectivity index (χ3n) is 4.11. The van der Waals surface area contributed by atoms with E-state index in [-0.39, 0.29) is 17.4 Å². The molecule has 8 heteroatoms. The van der Waals surface area contributed by atoms with Crippen molar-refractivity contribution in [2.75, 3.05) is 13.1 Å². The van der Waals surface area contributed by atoms with Gasteiger partial charge in [0, 0.05) is 30.1 Å². The maximum absolute atomic E-state index is 13.0. The maximum atomic E-state index is 13.0. The Morgan fingerprint density at radius 2 is 1.74 bits per heavy atom. The van der Waals surface area contributed by atoms with Gasteiger partial charge in [-0.2, -0.15) is 13.2 Å². The van der Waals surface area contributed by atoms with Gasteiger partial charge in [-0.05, 0) is 31.5 Å². The molecule has 27 heavy (non-hydrogen) atoms. The largest absolute Gasteiger partial charge is 0.417 e. The summed E-state index contributed by atoms with van der Waals surface area (Å²) < 4.78 is 50.9. The average molecular weight is 398 g/mol. The van der Waals surface area contributed by atoms with Gasteiger partial charge in [-0.3, -0.25) is 14.0 Å². The number of halogens is 3. The molecule has 146 valence electrons. The quantitative estimate of drug-likeness (QED) is 0.709. The molecule has 2 unspecified atom stereocenters. The Balaban J connectivity index is 2.27. The van der Waals surface area contributed by atoms with E-state index < -0.39 is 27.8 Å². The molecule has 0 saturated heterocycles. The fourth-order valence-corrected chi connectivity index (χ4v) is 4.11. The van der Waals surface area contributed by atoms with Gasteiger partial charge in [-0.15, -0.1) is 0 Å². The third-order valence-corrected chi connectivity index (χ3v) is 5.69. The van der Waals surface area contributed by atoms with Crippen LogP contribution in [-0.2, 0) is 27.5 Å². The van der Waals surface area contributed by atoms with Crippen molar-refractivity contribution in [3.63, 3.8) is 0 Å². The first kappa shape index (κ1) is 21.1. The first-order valence-electron chi connectivity index (χ1n) is 8.51. The summed E-state index contributed by atoms with van der Waals surface area (Å²) in [7, 11) is -1.68. The lowest BCUT2D eigenvalue weighted by Gasteiger charge is -2.25.